The van der Waals surface area contributed by atoms with Gasteiger partial charge in [0.2, 0.25) is 0 Å². The van der Waals surface area contributed by atoms with E-state index in [9.17, 15) is 9.90 Å². The molecule has 0 heterocycles. The van der Waals surface area contributed by atoms with E-state index in [0.717, 1.165) is 12.0 Å². The van der Waals surface area contributed by atoms with Crippen LogP contribution in [0.25, 0.3) is 0 Å². The van der Waals surface area contributed by atoms with Gasteiger partial charge in [-0.3, -0.25) is 0 Å². The summed E-state index contributed by atoms with van der Waals surface area (Å²) < 4.78 is 0. The number of hydrogen-bond acceptors (Lipinski definition) is 2. The van der Waals surface area contributed by atoms with E-state index in [1.54, 1.807) is 0 Å². The quantitative estimate of drug-likeness (QED) is 0.715. The molecule has 1 aliphatic rings. The van der Waals surface area contributed by atoms with Crippen LogP contribution in [0.4, 0.5) is 4.79 Å². The van der Waals surface area contributed by atoms with Gasteiger partial charge in [0.15, 0.2) is 0 Å². The largest absolute Gasteiger partial charge is 0.465 e. The predicted molar refractivity (Wildman–Crippen MR) is 59.3 cm³/mol. The van der Waals surface area contributed by atoms with Crippen LogP contribution in [0.5, 0.6) is 0 Å². The smallest absolute Gasteiger partial charge is 0.404 e. The van der Waals surface area contributed by atoms with Gasteiger partial charge < -0.3 is 15.5 Å². The number of aliphatic hydroxyl groups is 1. The lowest BCUT2D eigenvalue weighted by Crippen LogP contribution is -2.32. The Labute approximate surface area is 93.9 Å². The summed E-state index contributed by atoms with van der Waals surface area (Å²) in [4.78, 5) is 10.5. The molecule has 16 heavy (non-hydrogen) atoms. The Morgan fingerprint density at radius 1 is 1.44 bits per heavy atom. The van der Waals surface area contributed by atoms with Crippen molar-refractivity contribution >= 4 is 6.09 Å². The van der Waals surface area contributed by atoms with Gasteiger partial charge in [0.25, 0.3) is 0 Å². The fourth-order valence-corrected chi connectivity index (χ4v) is 2.30. The molecule has 0 bridgehead atoms. The molecule has 2 atom stereocenters. The molecule has 4 heteroatoms. The standard InChI is InChI=1S/C12H15NO3/c14-7-10-6-12(10,8-13-11(15)16)9-4-2-1-3-5-9/h1-5,10,13-14H,6-8H2,(H,15,16)/t10-,12-/m0/s1. The van der Waals surface area contributed by atoms with Crippen LogP contribution in [0.2, 0.25) is 0 Å². The van der Waals surface area contributed by atoms with Gasteiger partial charge in [-0.15, -0.1) is 0 Å². The van der Waals surface area contributed by atoms with Crippen molar-refractivity contribution in [1.82, 2.24) is 5.32 Å². The van der Waals surface area contributed by atoms with Crippen molar-refractivity contribution in [3.8, 4) is 0 Å². The van der Waals surface area contributed by atoms with E-state index in [-0.39, 0.29) is 17.9 Å². The number of carboxylic acid groups (broad SMARTS) is 1. The Kier molecular flexibility index (Phi) is 2.83. The van der Waals surface area contributed by atoms with Crippen molar-refractivity contribution in [2.24, 2.45) is 5.92 Å². The second-order valence-corrected chi connectivity index (χ2v) is 4.26. The minimum atomic E-state index is -1.01. The van der Waals surface area contributed by atoms with Crippen molar-refractivity contribution in [3.63, 3.8) is 0 Å². The molecule has 1 saturated carbocycles. The molecule has 0 aromatic heterocycles. The van der Waals surface area contributed by atoms with Crippen molar-refractivity contribution in [3.05, 3.63) is 35.9 Å². The van der Waals surface area contributed by atoms with Gasteiger partial charge in [-0.25, -0.2) is 4.79 Å². The molecule has 1 aliphatic carbocycles. The summed E-state index contributed by atoms with van der Waals surface area (Å²) in [6, 6.07) is 9.77. The number of benzene rings is 1. The van der Waals surface area contributed by atoms with Crippen LogP contribution in [-0.2, 0) is 5.41 Å². The van der Waals surface area contributed by atoms with Gasteiger partial charge in [-0.05, 0) is 17.9 Å². The van der Waals surface area contributed by atoms with Crippen LogP contribution in [-0.4, -0.2) is 29.5 Å². The van der Waals surface area contributed by atoms with Gasteiger partial charge >= 0.3 is 6.09 Å². The van der Waals surface area contributed by atoms with Gasteiger partial charge in [-0.2, -0.15) is 0 Å². The molecule has 0 aliphatic heterocycles. The summed E-state index contributed by atoms with van der Waals surface area (Å²) in [7, 11) is 0. The number of aliphatic hydroxyl groups excluding tert-OH is 1. The summed E-state index contributed by atoms with van der Waals surface area (Å²) >= 11 is 0. The van der Waals surface area contributed by atoms with E-state index in [4.69, 9.17) is 5.11 Å². The number of hydrogen-bond donors (Lipinski definition) is 3. The lowest BCUT2D eigenvalue weighted by molar-refractivity contribution is 0.192. The highest BCUT2D eigenvalue weighted by molar-refractivity contribution is 5.64. The molecule has 1 aromatic carbocycles. The lowest BCUT2D eigenvalue weighted by atomic mass is 9.93. The van der Waals surface area contributed by atoms with E-state index >= 15 is 0 Å². The van der Waals surface area contributed by atoms with Gasteiger partial charge in [0.05, 0.1) is 0 Å². The Hall–Kier alpha value is -1.55. The first-order chi connectivity index (χ1) is 7.69. The fourth-order valence-electron chi connectivity index (χ4n) is 2.30. The maximum Gasteiger partial charge on any atom is 0.404 e. The van der Waals surface area contributed by atoms with Crippen LogP contribution < -0.4 is 5.32 Å². The maximum absolute atomic E-state index is 10.5. The van der Waals surface area contributed by atoms with Crippen molar-refractivity contribution in [2.45, 2.75) is 11.8 Å². The molecule has 0 saturated heterocycles. The number of nitrogens with one attached hydrogen (secondary N) is 1. The predicted octanol–water partition coefficient (Wildman–Crippen LogP) is 1.20. The molecule has 3 N–H and O–H groups in total. The molecule has 0 unspecified atom stereocenters. The van der Waals surface area contributed by atoms with Crippen LogP contribution >= 0.6 is 0 Å². The minimum absolute atomic E-state index is 0.107. The zero-order chi connectivity index (χ0) is 11.6. The Morgan fingerprint density at radius 3 is 2.62 bits per heavy atom. The molecule has 86 valence electrons. The first-order valence-electron chi connectivity index (χ1n) is 5.32. The first-order valence-corrected chi connectivity index (χ1v) is 5.32. The third-order valence-electron chi connectivity index (χ3n) is 3.36. The molecule has 1 fully saturated rings. The number of amides is 1. The zero-order valence-corrected chi connectivity index (χ0v) is 8.89. The number of carbonyl (C=O) groups is 1. The molecule has 0 spiro atoms. The molecule has 1 aromatic rings. The minimum Gasteiger partial charge on any atom is -0.465 e. The van der Waals surface area contributed by atoms with E-state index in [2.05, 4.69) is 5.32 Å². The van der Waals surface area contributed by atoms with E-state index in [1.807, 2.05) is 30.3 Å². The van der Waals surface area contributed by atoms with Crippen LogP contribution in [0.1, 0.15) is 12.0 Å². The second kappa shape index (κ2) is 4.14. The molecule has 0 radical (unpaired) electrons. The van der Waals surface area contributed by atoms with Crippen LogP contribution in [0.3, 0.4) is 0 Å². The number of rotatable bonds is 4. The highest BCUT2D eigenvalue weighted by Crippen LogP contribution is 2.53. The lowest BCUT2D eigenvalue weighted by Gasteiger charge is -2.17. The highest BCUT2D eigenvalue weighted by Gasteiger charge is 2.54. The Morgan fingerprint density at radius 2 is 2.12 bits per heavy atom. The fraction of sp³-hybridized carbons (Fsp3) is 0.417. The van der Waals surface area contributed by atoms with Crippen molar-refractivity contribution in [1.29, 1.82) is 0 Å². The highest BCUT2D eigenvalue weighted by atomic mass is 16.4. The topological polar surface area (TPSA) is 69.6 Å². The molecular formula is C12H15NO3. The summed E-state index contributed by atoms with van der Waals surface area (Å²) in [5, 5.41) is 20.2. The Bertz CT molecular complexity index is 379. The third kappa shape index (κ3) is 1.88. The second-order valence-electron chi connectivity index (χ2n) is 4.26. The van der Waals surface area contributed by atoms with Crippen molar-refractivity contribution in [2.75, 3.05) is 13.2 Å². The first kappa shape index (κ1) is 11.0. The van der Waals surface area contributed by atoms with E-state index in [0.29, 0.717) is 6.54 Å². The van der Waals surface area contributed by atoms with Gasteiger partial charge in [0.1, 0.15) is 0 Å². The molecular weight excluding hydrogens is 206 g/mol. The van der Waals surface area contributed by atoms with Crippen molar-refractivity contribution < 1.29 is 15.0 Å². The third-order valence-corrected chi connectivity index (χ3v) is 3.36. The summed E-state index contributed by atoms with van der Waals surface area (Å²) in [6.07, 6.45) is -0.174. The Balaban J connectivity index is 2.15. The normalized spacial score (nSPS) is 27.4. The average Bonchev–Trinajstić information content (AvgIpc) is 3.03. The van der Waals surface area contributed by atoms with E-state index < -0.39 is 6.09 Å². The molecule has 1 amide bonds. The van der Waals surface area contributed by atoms with Crippen LogP contribution in [0.15, 0.2) is 30.3 Å². The summed E-state index contributed by atoms with van der Waals surface area (Å²) in [5.41, 5.74) is 0.900. The maximum atomic E-state index is 10.5. The summed E-state index contributed by atoms with van der Waals surface area (Å²) in [5.74, 6) is 0.168. The SMILES string of the molecule is O=C(O)NC[C@]1(c2ccccc2)C[C@H]1CO. The van der Waals surface area contributed by atoms with Gasteiger partial charge in [-0.1, -0.05) is 30.3 Å². The molecule has 4 nitrogen and oxygen atoms in total. The van der Waals surface area contributed by atoms with E-state index in [1.165, 1.54) is 0 Å². The van der Waals surface area contributed by atoms with Gasteiger partial charge in [0, 0.05) is 18.6 Å². The zero-order valence-electron chi connectivity index (χ0n) is 8.89. The monoisotopic (exact) mass is 221 g/mol. The van der Waals surface area contributed by atoms with Crippen LogP contribution in [0, 0.1) is 5.92 Å². The molecule has 2 rings (SSSR count). The average molecular weight is 221 g/mol. The summed E-state index contributed by atoms with van der Waals surface area (Å²) in [6.45, 7) is 0.480.